The zero-order chi connectivity index (χ0) is 11.7. The predicted molar refractivity (Wildman–Crippen MR) is 51.3 cm³/mol. The van der Waals surface area contributed by atoms with Crippen molar-refractivity contribution in [2.45, 2.75) is 32.6 Å². The molecule has 0 atom stereocenters. The largest absolute Gasteiger partial charge is 0.481 e. The van der Waals surface area contributed by atoms with Gasteiger partial charge in [0.1, 0.15) is 0 Å². The third-order valence-electron chi connectivity index (χ3n) is 1.54. The number of nitrogens with one attached hydrogen (secondary N) is 1. The first-order valence-electron chi connectivity index (χ1n) is 4.74. The summed E-state index contributed by atoms with van der Waals surface area (Å²) in [6, 6.07) is 0. The van der Waals surface area contributed by atoms with Gasteiger partial charge >= 0.3 is 12.1 Å². The highest BCUT2D eigenvalue weighted by atomic mass is 16.5. The number of alkyl carbamates (subject to hydrolysis) is 1. The molecule has 6 heteroatoms. The van der Waals surface area contributed by atoms with Crippen LogP contribution in [0.4, 0.5) is 4.79 Å². The van der Waals surface area contributed by atoms with E-state index in [2.05, 4.69) is 4.74 Å². The van der Waals surface area contributed by atoms with E-state index in [1.807, 2.05) is 12.2 Å². The van der Waals surface area contributed by atoms with E-state index < -0.39 is 18.0 Å². The minimum atomic E-state index is -1.08. The molecule has 0 bridgehead atoms. The van der Waals surface area contributed by atoms with Gasteiger partial charge in [0.25, 0.3) is 0 Å². The molecule has 0 heterocycles. The number of carbonyl (C=O) groups is 3. The normalized spacial score (nSPS) is 9.40. The van der Waals surface area contributed by atoms with Gasteiger partial charge in [0.05, 0.1) is 13.0 Å². The topological polar surface area (TPSA) is 92.7 Å². The smallest absolute Gasteiger partial charge is 0.413 e. The predicted octanol–water partition coefficient (Wildman–Crippen LogP) is 0.904. The second kappa shape index (κ2) is 7.78. The van der Waals surface area contributed by atoms with Crippen molar-refractivity contribution in [2.24, 2.45) is 0 Å². The molecule has 0 aromatic carbocycles. The Kier molecular flexibility index (Phi) is 6.96. The first-order chi connectivity index (χ1) is 7.06. The van der Waals surface area contributed by atoms with E-state index in [0.29, 0.717) is 0 Å². The lowest BCUT2D eigenvalue weighted by Gasteiger charge is -2.04. The fourth-order valence-corrected chi connectivity index (χ4v) is 0.742. The first kappa shape index (κ1) is 13.4. The summed E-state index contributed by atoms with van der Waals surface area (Å²) >= 11 is 0. The van der Waals surface area contributed by atoms with Crippen molar-refractivity contribution in [3.63, 3.8) is 0 Å². The van der Waals surface area contributed by atoms with E-state index in [9.17, 15) is 14.4 Å². The number of imide groups is 1. The molecule has 0 aliphatic carbocycles. The Morgan fingerprint density at radius 1 is 1.27 bits per heavy atom. The van der Waals surface area contributed by atoms with Crippen LogP contribution < -0.4 is 5.32 Å². The van der Waals surface area contributed by atoms with E-state index >= 15 is 0 Å². The maximum absolute atomic E-state index is 10.9. The van der Waals surface area contributed by atoms with Crippen LogP contribution in [0.3, 0.4) is 0 Å². The summed E-state index contributed by atoms with van der Waals surface area (Å²) < 4.78 is 4.64. The van der Waals surface area contributed by atoms with Crippen LogP contribution >= 0.6 is 0 Å². The SMILES string of the molecule is CCCCOC(=O)NC(=O)CCC(=O)O. The molecule has 0 radical (unpaired) electrons. The number of unbranched alkanes of at least 4 members (excludes halogenated alkanes) is 1. The summed E-state index contributed by atoms with van der Waals surface area (Å²) in [6.07, 6.45) is 0.280. The Morgan fingerprint density at radius 2 is 1.93 bits per heavy atom. The van der Waals surface area contributed by atoms with Crippen LogP contribution in [-0.2, 0) is 14.3 Å². The van der Waals surface area contributed by atoms with Crippen molar-refractivity contribution in [1.29, 1.82) is 0 Å². The van der Waals surface area contributed by atoms with E-state index in [1.165, 1.54) is 0 Å². The van der Waals surface area contributed by atoms with Gasteiger partial charge in [-0.15, -0.1) is 0 Å². The molecular weight excluding hydrogens is 202 g/mol. The minimum Gasteiger partial charge on any atom is -0.481 e. The molecule has 0 aliphatic rings. The van der Waals surface area contributed by atoms with Crippen LogP contribution in [0.5, 0.6) is 0 Å². The lowest BCUT2D eigenvalue weighted by Crippen LogP contribution is -2.31. The number of amides is 2. The van der Waals surface area contributed by atoms with E-state index in [1.54, 1.807) is 0 Å². The summed E-state index contributed by atoms with van der Waals surface area (Å²) in [6.45, 7) is 2.20. The molecule has 0 aromatic heterocycles. The lowest BCUT2D eigenvalue weighted by molar-refractivity contribution is -0.138. The second-order valence-corrected chi connectivity index (χ2v) is 2.93. The van der Waals surface area contributed by atoms with Crippen molar-refractivity contribution in [3.8, 4) is 0 Å². The number of carboxylic acids is 1. The van der Waals surface area contributed by atoms with Crippen molar-refractivity contribution >= 4 is 18.0 Å². The van der Waals surface area contributed by atoms with Gasteiger partial charge in [-0.1, -0.05) is 13.3 Å². The monoisotopic (exact) mass is 217 g/mol. The third kappa shape index (κ3) is 8.73. The number of hydrogen-bond donors (Lipinski definition) is 2. The van der Waals surface area contributed by atoms with E-state index in [-0.39, 0.29) is 19.4 Å². The van der Waals surface area contributed by atoms with Gasteiger partial charge in [0, 0.05) is 6.42 Å². The fourth-order valence-electron chi connectivity index (χ4n) is 0.742. The highest BCUT2D eigenvalue weighted by Gasteiger charge is 2.09. The molecule has 0 aromatic rings. The number of aliphatic carboxylic acids is 1. The van der Waals surface area contributed by atoms with Crippen molar-refractivity contribution in [1.82, 2.24) is 5.32 Å². The van der Waals surface area contributed by atoms with E-state index in [4.69, 9.17) is 5.11 Å². The van der Waals surface area contributed by atoms with Crippen molar-refractivity contribution in [2.75, 3.05) is 6.61 Å². The van der Waals surface area contributed by atoms with Crippen molar-refractivity contribution < 1.29 is 24.2 Å². The van der Waals surface area contributed by atoms with Crippen LogP contribution in [0.25, 0.3) is 0 Å². The summed E-state index contributed by atoms with van der Waals surface area (Å²) in [4.78, 5) is 31.9. The Labute approximate surface area is 87.6 Å². The molecule has 0 saturated carbocycles. The number of rotatable bonds is 6. The number of ether oxygens (including phenoxy) is 1. The molecule has 0 unspecified atom stereocenters. The minimum absolute atomic E-state index is 0.224. The van der Waals surface area contributed by atoms with E-state index in [0.717, 1.165) is 12.8 Å². The first-order valence-corrected chi connectivity index (χ1v) is 4.74. The number of carbonyl (C=O) groups excluding carboxylic acids is 2. The Balaban J connectivity index is 3.58. The maximum Gasteiger partial charge on any atom is 0.413 e. The van der Waals surface area contributed by atoms with Crippen LogP contribution in [0.15, 0.2) is 0 Å². The number of hydrogen-bond acceptors (Lipinski definition) is 4. The van der Waals surface area contributed by atoms with Gasteiger partial charge in [-0.05, 0) is 6.42 Å². The molecule has 0 rings (SSSR count). The maximum atomic E-state index is 10.9. The quantitative estimate of drug-likeness (QED) is 0.645. The molecule has 0 aliphatic heterocycles. The van der Waals surface area contributed by atoms with Crippen molar-refractivity contribution in [3.05, 3.63) is 0 Å². The Hall–Kier alpha value is -1.59. The summed E-state index contributed by atoms with van der Waals surface area (Å²) in [5.41, 5.74) is 0. The van der Waals surface area contributed by atoms with Crippen LogP contribution in [0, 0.1) is 0 Å². The zero-order valence-electron chi connectivity index (χ0n) is 8.62. The van der Waals surface area contributed by atoms with Crippen LogP contribution in [0.1, 0.15) is 32.6 Å². The van der Waals surface area contributed by atoms with Gasteiger partial charge in [0.2, 0.25) is 5.91 Å². The summed E-state index contributed by atoms with van der Waals surface area (Å²) in [5.74, 6) is -1.72. The molecule has 15 heavy (non-hydrogen) atoms. The van der Waals surface area contributed by atoms with Gasteiger partial charge in [-0.3, -0.25) is 14.9 Å². The molecule has 0 fully saturated rings. The molecule has 2 amide bonds. The lowest BCUT2D eigenvalue weighted by atomic mass is 10.3. The van der Waals surface area contributed by atoms with Gasteiger partial charge in [-0.25, -0.2) is 4.79 Å². The number of carboxylic acid groups (broad SMARTS) is 1. The zero-order valence-corrected chi connectivity index (χ0v) is 8.62. The molecular formula is C9H15NO5. The van der Waals surface area contributed by atoms with Gasteiger partial charge in [0.15, 0.2) is 0 Å². The highest BCUT2D eigenvalue weighted by Crippen LogP contribution is 1.91. The average Bonchev–Trinajstić information content (AvgIpc) is 2.15. The highest BCUT2D eigenvalue weighted by molar-refractivity contribution is 5.92. The Morgan fingerprint density at radius 3 is 2.47 bits per heavy atom. The summed E-state index contributed by atoms with van der Waals surface area (Å²) in [7, 11) is 0. The second-order valence-electron chi connectivity index (χ2n) is 2.93. The molecule has 86 valence electrons. The van der Waals surface area contributed by atoms with Gasteiger partial charge in [-0.2, -0.15) is 0 Å². The third-order valence-corrected chi connectivity index (χ3v) is 1.54. The molecule has 6 nitrogen and oxygen atoms in total. The van der Waals surface area contributed by atoms with Crippen LogP contribution in [-0.4, -0.2) is 29.7 Å². The molecule has 0 spiro atoms. The molecule has 0 saturated heterocycles. The fraction of sp³-hybridized carbons (Fsp3) is 0.667. The summed E-state index contributed by atoms with van der Waals surface area (Å²) in [5, 5.41) is 10.2. The van der Waals surface area contributed by atoms with Gasteiger partial charge < -0.3 is 9.84 Å². The average molecular weight is 217 g/mol. The Bertz CT molecular complexity index is 239. The van der Waals surface area contributed by atoms with Crippen LogP contribution in [0.2, 0.25) is 0 Å². The standard InChI is InChI=1S/C9H15NO5/c1-2-3-6-15-9(14)10-7(11)4-5-8(12)13/h2-6H2,1H3,(H,12,13)(H,10,11,14). The molecule has 2 N–H and O–H groups in total.